The first kappa shape index (κ1) is 28.6. The van der Waals surface area contributed by atoms with Crippen molar-refractivity contribution in [2.75, 3.05) is 14.2 Å². The Hall–Kier alpha value is -3.38. The fourth-order valence-corrected chi connectivity index (χ4v) is 5.30. The average molecular weight is 535 g/mol. The molecule has 0 amide bonds. The van der Waals surface area contributed by atoms with E-state index in [1.54, 1.807) is 26.4 Å². The zero-order valence-electron chi connectivity index (χ0n) is 23.5. The minimum absolute atomic E-state index is 0.00781. The number of benzene rings is 3. The second-order valence-corrected chi connectivity index (χ2v) is 11.1. The maximum atomic E-state index is 15.1. The zero-order chi connectivity index (χ0) is 28.2. The van der Waals surface area contributed by atoms with Crippen LogP contribution in [0.25, 0.3) is 11.1 Å². The van der Waals surface area contributed by atoms with E-state index in [2.05, 4.69) is 20.8 Å². The molecule has 1 aliphatic rings. The highest BCUT2D eigenvalue weighted by molar-refractivity contribution is 5.71. The van der Waals surface area contributed by atoms with Gasteiger partial charge in [0.1, 0.15) is 23.9 Å². The van der Waals surface area contributed by atoms with E-state index in [9.17, 15) is 9.90 Å². The summed E-state index contributed by atoms with van der Waals surface area (Å²) in [5.74, 6) is 0.616. The quantitative estimate of drug-likeness (QED) is 0.240. The highest BCUT2D eigenvalue weighted by atomic mass is 19.1. The van der Waals surface area contributed by atoms with Crippen LogP contribution in [0.4, 0.5) is 4.39 Å². The third-order valence-electron chi connectivity index (χ3n) is 8.00. The molecule has 39 heavy (non-hydrogen) atoms. The Morgan fingerprint density at radius 2 is 1.79 bits per heavy atom. The lowest BCUT2D eigenvalue weighted by Crippen LogP contribution is -2.24. The molecule has 0 spiro atoms. The van der Waals surface area contributed by atoms with Gasteiger partial charge >= 0.3 is 5.97 Å². The largest absolute Gasteiger partial charge is 0.497 e. The summed E-state index contributed by atoms with van der Waals surface area (Å²) in [6.07, 6.45) is 2.87. The van der Waals surface area contributed by atoms with E-state index >= 15 is 4.39 Å². The molecule has 6 heteroatoms. The van der Waals surface area contributed by atoms with Gasteiger partial charge in [-0.15, -0.1) is 0 Å². The molecule has 0 radical (unpaired) electrons. The first-order valence-corrected chi connectivity index (χ1v) is 13.6. The topological polar surface area (TPSA) is 65.0 Å². The number of aliphatic carboxylic acids is 1. The molecular formula is C33H39FO5. The Bertz CT molecular complexity index is 1300. The van der Waals surface area contributed by atoms with Gasteiger partial charge < -0.3 is 19.3 Å². The van der Waals surface area contributed by atoms with Crippen molar-refractivity contribution < 1.29 is 28.5 Å². The third-order valence-corrected chi connectivity index (χ3v) is 8.00. The molecule has 4 rings (SSSR count). The molecule has 208 valence electrons. The van der Waals surface area contributed by atoms with Gasteiger partial charge in [0.25, 0.3) is 0 Å². The number of ether oxygens (including phenoxy) is 3. The minimum Gasteiger partial charge on any atom is -0.497 e. The highest BCUT2D eigenvalue weighted by Crippen LogP contribution is 2.46. The number of carbonyl (C=O) groups is 1. The van der Waals surface area contributed by atoms with E-state index in [0.29, 0.717) is 29.6 Å². The number of halogens is 1. The van der Waals surface area contributed by atoms with Crippen LogP contribution >= 0.6 is 0 Å². The second-order valence-electron chi connectivity index (χ2n) is 11.1. The summed E-state index contributed by atoms with van der Waals surface area (Å²) in [6, 6.07) is 18.4. The van der Waals surface area contributed by atoms with E-state index in [1.165, 1.54) is 6.07 Å². The number of hydrogen-bond acceptors (Lipinski definition) is 4. The van der Waals surface area contributed by atoms with Gasteiger partial charge in [-0.3, -0.25) is 4.79 Å². The molecular weight excluding hydrogens is 495 g/mol. The van der Waals surface area contributed by atoms with Gasteiger partial charge in [-0.05, 0) is 95.2 Å². The SMILES string of the molecule is CCC(C)(C)[C@H](OC)c1cc(COc2cccc([C@@H](CC(=O)O)C3CC3)c2)ccc1-c1cc(OC)ccc1F. The third kappa shape index (κ3) is 6.80. The first-order chi connectivity index (χ1) is 18.7. The molecule has 0 bridgehead atoms. The molecule has 2 atom stereocenters. The summed E-state index contributed by atoms with van der Waals surface area (Å²) in [6.45, 7) is 6.73. The molecule has 5 nitrogen and oxygen atoms in total. The molecule has 3 aromatic rings. The molecule has 1 N–H and O–H groups in total. The lowest BCUT2D eigenvalue weighted by Gasteiger charge is -2.34. The molecule has 1 fully saturated rings. The standard InChI is InChI=1S/C33H39FO5/c1-6-33(2,3)32(38-5)29-16-21(10-14-26(29)28-18-24(37-4)13-15-30(28)34)20-39-25-9-7-8-23(17-25)27(19-31(35)36)22-11-12-22/h7-10,13-18,22,27,32H,6,11-12,19-20H2,1-5H3,(H,35,36)/t27-,32+/m0/s1. The van der Waals surface area contributed by atoms with E-state index in [1.807, 2.05) is 42.5 Å². The van der Waals surface area contributed by atoms with Gasteiger partial charge in [-0.2, -0.15) is 0 Å². The Balaban J connectivity index is 1.66. The van der Waals surface area contributed by atoms with Crippen molar-refractivity contribution in [3.63, 3.8) is 0 Å². The minimum atomic E-state index is -0.777. The molecule has 0 heterocycles. The van der Waals surface area contributed by atoms with E-state index in [0.717, 1.165) is 41.5 Å². The van der Waals surface area contributed by atoms with Crippen LogP contribution in [0.3, 0.4) is 0 Å². The Morgan fingerprint density at radius 3 is 2.44 bits per heavy atom. The lowest BCUT2D eigenvalue weighted by atomic mass is 9.77. The molecule has 1 saturated carbocycles. The monoisotopic (exact) mass is 534 g/mol. The zero-order valence-corrected chi connectivity index (χ0v) is 23.5. The van der Waals surface area contributed by atoms with Crippen molar-refractivity contribution in [1.82, 2.24) is 0 Å². The molecule has 1 aliphatic carbocycles. The van der Waals surface area contributed by atoms with Crippen LogP contribution in [-0.4, -0.2) is 25.3 Å². The predicted molar refractivity (Wildman–Crippen MR) is 151 cm³/mol. The van der Waals surface area contributed by atoms with Gasteiger partial charge in [-0.1, -0.05) is 45.0 Å². The van der Waals surface area contributed by atoms with E-state index in [4.69, 9.17) is 14.2 Å². The van der Waals surface area contributed by atoms with Gasteiger partial charge in [-0.25, -0.2) is 4.39 Å². The number of hydrogen-bond donors (Lipinski definition) is 1. The van der Waals surface area contributed by atoms with Crippen molar-refractivity contribution in [3.8, 4) is 22.6 Å². The molecule has 0 aromatic heterocycles. The first-order valence-electron chi connectivity index (χ1n) is 13.6. The number of methoxy groups -OCH3 is 2. The van der Waals surface area contributed by atoms with Gasteiger partial charge in [0, 0.05) is 12.7 Å². The Labute approximate surface area is 230 Å². The van der Waals surface area contributed by atoms with E-state index in [-0.39, 0.29) is 29.7 Å². The maximum absolute atomic E-state index is 15.1. The summed E-state index contributed by atoms with van der Waals surface area (Å²) in [5, 5.41) is 9.39. The Kier molecular flexibility index (Phi) is 8.96. The fourth-order valence-electron chi connectivity index (χ4n) is 5.30. The molecule has 0 aliphatic heterocycles. The van der Waals surface area contributed by atoms with Crippen molar-refractivity contribution in [2.45, 2.75) is 65.1 Å². The molecule has 0 saturated heterocycles. The van der Waals surface area contributed by atoms with Gasteiger partial charge in [0.2, 0.25) is 0 Å². The van der Waals surface area contributed by atoms with E-state index < -0.39 is 5.97 Å². The van der Waals surface area contributed by atoms with Crippen LogP contribution < -0.4 is 9.47 Å². The fraction of sp³-hybridized carbons (Fsp3) is 0.424. The van der Waals surface area contributed by atoms with Crippen LogP contribution in [0.2, 0.25) is 0 Å². The highest BCUT2D eigenvalue weighted by Gasteiger charge is 2.34. The van der Waals surface area contributed by atoms with Crippen LogP contribution in [0.5, 0.6) is 11.5 Å². The Morgan fingerprint density at radius 1 is 1.03 bits per heavy atom. The number of rotatable bonds is 13. The van der Waals surface area contributed by atoms with Crippen molar-refractivity contribution in [1.29, 1.82) is 0 Å². The number of carboxylic acids is 1. The maximum Gasteiger partial charge on any atom is 0.303 e. The van der Waals surface area contributed by atoms with Crippen LogP contribution in [-0.2, 0) is 16.1 Å². The average Bonchev–Trinajstić information content (AvgIpc) is 3.77. The second kappa shape index (κ2) is 12.2. The predicted octanol–water partition coefficient (Wildman–Crippen LogP) is 8.17. The normalized spacial score (nSPS) is 15.0. The molecule has 3 aromatic carbocycles. The number of carboxylic acid groups (broad SMARTS) is 1. The van der Waals surface area contributed by atoms with Crippen LogP contribution in [0.15, 0.2) is 60.7 Å². The van der Waals surface area contributed by atoms with Gasteiger partial charge in [0.05, 0.1) is 19.6 Å². The van der Waals surface area contributed by atoms with Crippen molar-refractivity contribution in [2.24, 2.45) is 11.3 Å². The smallest absolute Gasteiger partial charge is 0.303 e. The lowest BCUT2D eigenvalue weighted by molar-refractivity contribution is -0.137. The summed E-state index contributed by atoms with van der Waals surface area (Å²) in [4.78, 5) is 11.4. The van der Waals surface area contributed by atoms with Crippen LogP contribution in [0, 0.1) is 17.2 Å². The van der Waals surface area contributed by atoms with Gasteiger partial charge in [0.15, 0.2) is 0 Å². The van der Waals surface area contributed by atoms with Crippen LogP contribution in [0.1, 0.15) is 75.2 Å². The molecule has 0 unspecified atom stereocenters. The summed E-state index contributed by atoms with van der Waals surface area (Å²) in [5.41, 5.74) is 3.84. The van der Waals surface area contributed by atoms with Crippen molar-refractivity contribution >= 4 is 5.97 Å². The summed E-state index contributed by atoms with van der Waals surface area (Å²) in [7, 11) is 3.26. The summed E-state index contributed by atoms with van der Waals surface area (Å²) < 4.78 is 32.7. The van der Waals surface area contributed by atoms with Crippen molar-refractivity contribution in [3.05, 3.63) is 83.2 Å². The summed E-state index contributed by atoms with van der Waals surface area (Å²) >= 11 is 0.